The zero-order valence-corrected chi connectivity index (χ0v) is 10.5. The second kappa shape index (κ2) is 6.32. The van der Waals surface area contributed by atoms with E-state index in [1.807, 2.05) is 0 Å². The number of ether oxygens (including phenoxy) is 1. The molecule has 1 aromatic heterocycles. The van der Waals surface area contributed by atoms with Crippen molar-refractivity contribution < 1.29 is 14.3 Å². The Morgan fingerprint density at radius 2 is 2.15 bits per heavy atom. The third-order valence-corrected chi connectivity index (χ3v) is 2.43. The van der Waals surface area contributed by atoms with E-state index < -0.39 is 5.91 Å². The number of primary amides is 1. The van der Waals surface area contributed by atoms with Gasteiger partial charge < -0.3 is 15.8 Å². The van der Waals surface area contributed by atoms with Crippen LogP contribution < -0.4 is 15.8 Å². The Hall–Kier alpha value is -2.90. The van der Waals surface area contributed by atoms with Crippen LogP contribution >= 0.6 is 0 Å². The highest BCUT2D eigenvalue weighted by molar-refractivity contribution is 5.95. The molecule has 0 fully saturated rings. The second-order valence-electron chi connectivity index (χ2n) is 3.86. The first kappa shape index (κ1) is 13.5. The van der Waals surface area contributed by atoms with Gasteiger partial charge >= 0.3 is 0 Å². The van der Waals surface area contributed by atoms with Gasteiger partial charge in [0.25, 0.3) is 11.8 Å². The molecule has 8 nitrogen and oxygen atoms in total. The summed E-state index contributed by atoms with van der Waals surface area (Å²) < 4.78 is 5.27. The van der Waals surface area contributed by atoms with E-state index in [0.29, 0.717) is 5.82 Å². The van der Waals surface area contributed by atoms with Crippen molar-refractivity contribution in [3.8, 4) is 5.75 Å². The number of amides is 2. The van der Waals surface area contributed by atoms with Crippen molar-refractivity contribution in [1.29, 1.82) is 0 Å². The Balaban J connectivity index is 1.85. The molecule has 0 bridgehead atoms. The monoisotopic (exact) mass is 275 g/mol. The van der Waals surface area contributed by atoms with Crippen LogP contribution in [0, 0.1) is 0 Å². The maximum absolute atomic E-state index is 11.6. The van der Waals surface area contributed by atoms with Crippen molar-refractivity contribution in [2.75, 3.05) is 6.61 Å². The highest BCUT2D eigenvalue weighted by Crippen LogP contribution is 2.16. The number of nitrogens with zero attached hydrogens (tertiary/aromatic N) is 2. The predicted octanol–water partition coefficient (Wildman–Crippen LogP) is -0.401. The van der Waals surface area contributed by atoms with E-state index in [0.717, 1.165) is 0 Å². The molecule has 4 N–H and O–H groups in total. The molecule has 0 saturated carbocycles. The Morgan fingerprint density at radius 1 is 1.35 bits per heavy atom. The van der Waals surface area contributed by atoms with Crippen LogP contribution in [0.1, 0.15) is 16.2 Å². The fraction of sp³-hybridized carbons (Fsp3) is 0.167. The van der Waals surface area contributed by atoms with Gasteiger partial charge in [0.15, 0.2) is 6.61 Å². The molecule has 0 radical (unpaired) electrons. The van der Waals surface area contributed by atoms with Crippen molar-refractivity contribution in [2.45, 2.75) is 6.54 Å². The van der Waals surface area contributed by atoms with Gasteiger partial charge in [-0.2, -0.15) is 5.10 Å². The van der Waals surface area contributed by atoms with Crippen molar-refractivity contribution in [3.63, 3.8) is 0 Å². The number of aromatic nitrogens is 3. The van der Waals surface area contributed by atoms with Crippen LogP contribution in [0.2, 0.25) is 0 Å². The molecule has 0 saturated heterocycles. The van der Waals surface area contributed by atoms with E-state index in [4.69, 9.17) is 10.5 Å². The fourth-order valence-electron chi connectivity index (χ4n) is 1.49. The number of rotatable bonds is 6. The standard InChI is InChI=1S/C12H13N5O3/c13-12(19)8-3-1-2-4-9(8)20-6-11(18)14-5-10-15-7-16-17-10/h1-4,7H,5-6H2,(H2,13,19)(H,14,18)(H,15,16,17). The first-order chi connectivity index (χ1) is 9.66. The molecule has 2 amide bonds. The van der Waals surface area contributed by atoms with Gasteiger partial charge in [-0.25, -0.2) is 4.98 Å². The zero-order valence-electron chi connectivity index (χ0n) is 10.5. The second-order valence-corrected chi connectivity index (χ2v) is 3.86. The molecule has 2 aromatic rings. The lowest BCUT2D eigenvalue weighted by Crippen LogP contribution is -2.29. The minimum atomic E-state index is -0.609. The lowest BCUT2D eigenvalue weighted by atomic mass is 10.2. The summed E-state index contributed by atoms with van der Waals surface area (Å²) in [4.78, 5) is 26.6. The molecule has 104 valence electrons. The first-order valence-electron chi connectivity index (χ1n) is 5.79. The smallest absolute Gasteiger partial charge is 0.258 e. The minimum absolute atomic E-state index is 0.222. The topological polar surface area (TPSA) is 123 Å². The highest BCUT2D eigenvalue weighted by Gasteiger charge is 2.10. The van der Waals surface area contributed by atoms with Crippen molar-refractivity contribution in [2.24, 2.45) is 5.73 Å². The van der Waals surface area contributed by atoms with E-state index in [-0.39, 0.29) is 30.4 Å². The predicted molar refractivity (Wildman–Crippen MR) is 68.7 cm³/mol. The molecule has 0 aliphatic rings. The highest BCUT2D eigenvalue weighted by atomic mass is 16.5. The molecule has 0 spiro atoms. The number of hydrogen-bond acceptors (Lipinski definition) is 5. The zero-order chi connectivity index (χ0) is 14.4. The van der Waals surface area contributed by atoms with Crippen LogP contribution in [0.25, 0.3) is 0 Å². The molecule has 1 heterocycles. The summed E-state index contributed by atoms with van der Waals surface area (Å²) in [5.41, 5.74) is 5.44. The summed E-state index contributed by atoms with van der Waals surface area (Å²) in [5.74, 6) is -0.144. The molecular weight excluding hydrogens is 262 g/mol. The normalized spacial score (nSPS) is 10.0. The van der Waals surface area contributed by atoms with Crippen molar-refractivity contribution in [1.82, 2.24) is 20.5 Å². The summed E-state index contributed by atoms with van der Waals surface area (Å²) in [7, 11) is 0. The van der Waals surface area contributed by atoms with Gasteiger partial charge in [0, 0.05) is 0 Å². The average molecular weight is 275 g/mol. The molecule has 0 atom stereocenters. The summed E-state index contributed by atoms with van der Waals surface area (Å²) >= 11 is 0. The summed E-state index contributed by atoms with van der Waals surface area (Å²) in [6.45, 7) is -0.00189. The van der Waals surface area contributed by atoms with Crippen molar-refractivity contribution >= 4 is 11.8 Å². The number of hydrogen-bond donors (Lipinski definition) is 3. The molecule has 20 heavy (non-hydrogen) atoms. The number of nitrogens with one attached hydrogen (secondary N) is 2. The van der Waals surface area contributed by atoms with Crippen LogP contribution in [-0.2, 0) is 11.3 Å². The number of carbonyl (C=O) groups is 2. The largest absolute Gasteiger partial charge is 0.483 e. The number of para-hydroxylation sites is 1. The molecule has 0 aliphatic carbocycles. The average Bonchev–Trinajstić information content (AvgIpc) is 2.96. The molecule has 1 aromatic carbocycles. The Kier molecular flexibility index (Phi) is 4.28. The summed E-state index contributed by atoms with van der Waals surface area (Å²) in [6, 6.07) is 6.46. The van der Waals surface area contributed by atoms with Gasteiger partial charge in [-0.3, -0.25) is 14.7 Å². The molecule has 0 unspecified atom stereocenters. The number of H-pyrrole nitrogens is 1. The van der Waals surface area contributed by atoms with Gasteiger partial charge in [-0.15, -0.1) is 0 Å². The minimum Gasteiger partial charge on any atom is -0.483 e. The van der Waals surface area contributed by atoms with Gasteiger partial charge in [-0.1, -0.05) is 12.1 Å². The molecule has 8 heteroatoms. The summed E-state index contributed by atoms with van der Waals surface area (Å²) in [5, 5.41) is 8.86. The van der Waals surface area contributed by atoms with Gasteiger partial charge in [-0.05, 0) is 12.1 Å². The number of aromatic amines is 1. The van der Waals surface area contributed by atoms with Crippen LogP contribution in [0.4, 0.5) is 0 Å². The van der Waals surface area contributed by atoms with E-state index >= 15 is 0 Å². The van der Waals surface area contributed by atoms with E-state index in [9.17, 15) is 9.59 Å². The van der Waals surface area contributed by atoms with Crippen LogP contribution in [0.3, 0.4) is 0 Å². The fourth-order valence-corrected chi connectivity index (χ4v) is 1.49. The Bertz CT molecular complexity index is 597. The van der Waals surface area contributed by atoms with E-state index in [1.54, 1.807) is 18.2 Å². The van der Waals surface area contributed by atoms with Crippen LogP contribution in [-0.4, -0.2) is 33.6 Å². The Morgan fingerprint density at radius 3 is 2.85 bits per heavy atom. The third-order valence-electron chi connectivity index (χ3n) is 2.43. The third kappa shape index (κ3) is 3.55. The summed E-state index contributed by atoms with van der Waals surface area (Å²) in [6.07, 6.45) is 1.35. The quantitative estimate of drug-likeness (QED) is 0.661. The number of benzene rings is 1. The van der Waals surface area contributed by atoms with Crippen LogP contribution in [0.5, 0.6) is 5.75 Å². The Labute approximate surface area is 114 Å². The maximum atomic E-state index is 11.6. The molecular formula is C12H13N5O3. The number of nitrogens with two attached hydrogens (primary N) is 1. The van der Waals surface area contributed by atoms with Crippen LogP contribution in [0.15, 0.2) is 30.6 Å². The maximum Gasteiger partial charge on any atom is 0.258 e. The van der Waals surface area contributed by atoms with Crippen molar-refractivity contribution in [3.05, 3.63) is 42.0 Å². The lowest BCUT2D eigenvalue weighted by Gasteiger charge is -2.09. The van der Waals surface area contributed by atoms with E-state index in [2.05, 4.69) is 20.5 Å². The van der Waals surface area contributed by atoms with Gasteiger partial charge in [0.2, 0.25) is 0 Å². The molecule has 0 aliphatic heterocycles. The number of carbonyl (C=O) groups excluding carboxylic acids is 2. The lowest BCUT2D eigenvalue weighted by molar-refractivity contribution is -0.123. The SMILES string of the molecule is NC(=O)c1ccccc1OCC(=O)NCc1ncn[nH]1. The molecule has 2 rings (SSSR count). The van der Waals surface area contributed by atoms with Gasteiger partial charge in [0.1, 0.15) is 17.9 Å². The van der Waals surface area contributed by atoms with Gasteiger partial charge in [0.05, 0.1) is 12.1 Å². The first-order valence-corrected chi connectivity index (χ1v) is 5.79. The van der Waals surface area contributed by atoms with E-state index in [1.165, 1.54) is 12.4 Å².